The fraction of sp³-hybridized carbons (Fsp3) is 1.00. The molecule has 0 aromatic rings. The van der Waals surface area contributed by atoms with Crippen molar-refractivity contribution in [2.75, 3.05) is 33.2 Å². The second-order valence-electron chi connectivity index (χ2n) is 7.19. The van der Waals surface area contributed by atoms with Gasteiger partial charge in [0.25, 0.3) is 0 Å². The molecule has 0 aromatic carbocycles. The highest BCUT2D eigenvalue weighted by Gasteiger charge is 2.41. The summed E-state index contributed by atoms with van der Waals surface area (Å²) in [5, 5.41) is 10.4. The Kier molecular flexibility index (Phi) is 4.35. The van der Waals surface area contributed by atoms with E-state index in [0.717, 1.165) is 13.1 Å². The van der Waals surface area contributed by atoms with Crippen molar-refractivity contribution >= 4 is 0 Å². The molecular formula is C15H30N2O. The molecule has 0 amide bonds. The summed E-state index contributed by atoms with van der Waals surface area (Å²) in [6, 6.07) is 0.619. The van der Waals surface area contributed by atoms with E-state index in [4.69, 9.17) is 0 Å². The van der Waals surface area contributed by atoms with Gasteiger partial charge in [-0.15, -0.1) is 0 Å². The third-order valence-corrected chi connectivity index (χ3v) is 5.06. The van der Waals surface area contributed by atoms with Gasteiger partial charge in [0, 0.05) is 19.1 Å². The van der Waals surface area contributed by atoms with Crippen LogP contribution in [-0.2, 0) is 0 Å². The van der Waals surface area contributed by atoms with E-state index in [-0.39, 0.29) is 11.5 Å². The number of rotatable bonds is 2. The molecule has 1 heterocycles. The van der Waals surface area contributed by atoms with Crippen LogP contribution in [0.4, 0.5) is 0 Å². The van der Waals surface area contributed by atoms with Crippen LogP contribution in [0.5, 0.6) is 0 Å². The third-order valence-electron chi connectivity index (χ3n) is 5.06. The van der Waals surface area contributed by atoms with E-state index >= 15 is 0 Å². The molecule has 2 aliphatic rings. The zero-order valence-corrected chi connectivity index (χ0v) is 12.5. The van der Waals surface area contributed by atoms with Crippen LogP contribution in [0.25, 0.3) is 0 Å². The summed E-state index contributed by atoms with van der Waals surface area (Å²) in [5.74, 6) is 0.478. The monoisotopic (exact) mass is 254 g/mol. The average molecular weight is 254 g/mol. The first-order chi connectivity index (χ1) is 8.40. The Morgan fingerprint density at radius 1 is 1.28 bits per heavy atom. The Hall–Kier alpha value is -0.120. The topological polar surface area (TPSA) is 26.7 Å². The Morgan fingerprint density at radius 3 is 2.61 bits per heavy atom. The van der Waals surface area contributed by atoms with Gasteiger partial charge >= 0.3 is 0 Å². The highest BCUT2D eigenvalue weighted by atomic mass is 16.3. The number of likely N-dealkylation sites (N-methyl/N-ethyl adjacent to an activating group) is 1. The maximum Gasteiger partial charge on any atom is 0.0631 e. The van der Waals surface area contributed by atoms with Gasteiger partial charge in [-0.25, -0.2) is 0 Å². The number of aliphatic hydroxyl groups excluding tert-OH is 1. The van der Waals surface area contributed by atoms with Gasteiger partial charge in [-0.1, -0.05) is 13.8 Å². The standard InChI is InChI=1S/C15H30N2O/c1-12-10-16(4)8-5-9-17(12)11-13-6-7-15(2,3)14(13)18/h12-14,18H,5-11H2,1-4H3. The smallest absolute Gasteiger partial charge is 0.0631 e. The number of hydrogen-bond acceptors (Lipinski definition) is 3. The van der Waals surface area contributed by atoms with Crippen molar-refractivity contribution in [1.82, 2.24) is 9.80 Å². The zero-order valence-electron chi connectivity index (χ0n) is 12.5. The Labute approximate surface area is 112 Å². The van der Waals surface area contributed by atoms with Crippen molar-refractivity contribution in [1.29, 1.82) is 0 Å². The first kappa shape index (κ1) is 14.3. The summed E-state index contributed by atoms with van der Waals surface area (Å²) in [6.45, 7) is 11.4. The first-order valence-corrected chi connectivity index (χ1v) is 7.51. The van der Waals surface area contributed by atoms with E-state index in [9.17, 15) is 5.11 Å². The lowest BCUT2D eigenvalue weighted by atomic mass is 9.87. The van der Waals surface area contributed by atoms with Crippen molar-refractivity contribution in [3.05, 3.63) is 0 Å². The summed E-state index contributed by atoms with van der Waals surface area (Å²) < 4.78 is 0. The van der Waals surface area contributed by atoms with Crippen LogP contribution in [0.3, 0.4) is 0 Å². The fourth-order valence-corrected chi connectivity index (χ4v) is 3.69. The summed E-state index contributed by atoms with van der Waals surface area (Å²) in [4.78, 5) is 5.03. The molecular weight excluding hydrogens is 224 g/mol. The van der Waals surface area contributed by atoms with Gasteiger partial charge in [0.15, 0.2) is 0 Å². The molecule has 0 spiro atoms. The maximum absolute atomic E-state index is 10.4. The van der Waals surface area contributed by atoms with E-state index in [0.29, 0.717) is 12.0 Å². The minimum atomic E-state index is -0.120. The second kappa shape index (κ2) is 5.48. The van der Waals surface area contributed by atoms with Crippen LogP contribution in [0.15, 0.2) is 0 Å². The van der Waals surface area contributed by atoms with Gasteiger partial charge in [0.05, 0.1) is 6.10 Å². The highest BCUT2D eigenvalue weighted by Crippen LogP contribution is 2.41. The quantitative estimate of drug-likeness (QED) is 0.814. The number of aliphatic hydroxyl groups is 1. The molecule has 2 fully saturated rings. The molecule has 0 aromatic heterocycles. The maximum atomic E-state index is 10.4. The van der Waals surface area contributed by atoms with Crippen LogP contribution in [0.1, 0.15) is 40.0 Å². The molecule has 3 heteroatoms. The number of hydrogen-bond donors (Lipinski definition) is 1. The van der Waals surface area contributed by atoms with Crippen LogP contribution in [0, 0.1) is 11.3 Å². The Bertz CT molecular complexity index is 280. The molecule has 1 aliphatic heterocycles. The molecule has 1 saturated carbocycles. The van der Waals surface area contributed by atoms with Crippen molar-refractivity contribution in [3.63, 3.8) is 0 Å². The molecule has 106 valence electrons. The predicted molar refractivity (Wildman–Crippen MR) is 75.7 cm³/mol. The largest absolute Gasteiger partial charge is 0.392 e. The molecule has 3 unspecified atom stereocenters. The Balaban J connectivity index is 1.93. The van der Waals surface area contributed by atoms with Gasteiger partial charge in [-0.05, 0) is 57.7 Å². The van der Waals surface area contributed by atoms with Crippen molar-refractivity contribution < 1.29 is 5.11 Å². The van der Waals surface area contributed by atoms with E-state index in [1.807, 2.05) is 0 Å². The van der Waals surface area contributed by atoms with Gasteiger partial charge in [-0.3, -0.25) is 4.90 Å². The molecule has 3 nitrogen and oxygen atoms in total. The minimum Gasteiger partial charge on any atom is -0.392 e. The van der Waals surface area contributed by atoms with E-state index in [2.05, 4.69) is 37.6 Å². The molecule has 2 rings (SSSR count). The molecule has 0 radical (unpaired) electrons. The van der Waals surface area contributed by atoms with Crippen LogP contribution in [0.2, 0.25) is 0 Å². The van der Waals surface area contributed by atoms with Crippen molar-refractivity contribution in [3.8, 4) is 0 Å². The highest BCUT2D eigenvalue weighted by molar-refractivity contribution is 4.93. The lowest BCUT2D eigenvalue weighted by Crippen LogP contribution is -2.43. The lowest BCUT2D eigenvalue weighted by Gasteiger charge is -2.33. The molecule has 3 atom stereocenters. The van der Waals surface area contributed by atoms with Crippen LogP contribution < -0.4 is 0 Å². The molecule has 18 heavy (non-hydrogen) atoms. The summed E-state index contributed by atoms with van der Waals surface area (Å²) in [5.41, 5.74) is 0.122. The lowest BCUT2D eigenvalue weighted by molar-refractivity contribution is 0.0278. The molecule has 1 aliphatic carbocycles. The van der Waals surface area contributed by atoms with E-state index in [1.165, 1.54) is 32.4 Å². The predicted octanol–water partition coefficient (Wildman–Crippen LogP) is 1.81. The van der Waals surface area contributed by atoms with Gasteiger partial charge in [0.1, 0.15) is 0 Å². The summed E-state index contributed by atoms with van der Waals surface area (Å²) in [7, 11) is 2.22. The van der Waals surface area contributed by atoms with Gasteiger partial charge in [0.2, 0.25) is 0 Å². The normalized spacial score (nSPS) is 38.8. The molecule has 1 saturated heterocycles. The summed E-state index contributed by atoms with van der Waals surface area (Å²) >= 11 is 0. The van der Waals surface area contributed by atoms with E-state index < -0.39 is 0 Å². The van der Waals surface area contributed by atoms with Gasteiger partial charge in [-0.2, -0.15) is 0 Å². The molecule has 0 bridgehead atoms. The third kappa shape index (κ3) is 3.06. The molecule has 1 N–H and O–H groups in total. The van der Waals surface area contributed by atoms with E-state index in [1.54, 1.807) is 0 Å². The fourth-order valence-electron chi connectivity index (χ4n) is 3.69. The second-order valence-corrected chi connectivity index (χ2v) is 7.19. The number of nitrogens with zero attached hydrogens (tertiary/aromatic N) is 2. The van der Waals surface area contributed by atoms with Crippen molar-refractivity contribution in [2.24, 2.45) is 11.3 Å². The first-order valence-electron chi connectivity index (χ1n) is 7.51. The van der Waals surface area contributed by atoms with Crippen LogP contribution >= 0.6 is 0 Å². The summed E-state index contributed by atoms with van der Waals surface area (Å²) in [6.07, 6.45) is 3.49. The average Bonchev–Trinajstić information content (AvgIpc) is 2.45. The van der Waals surface area contributed by atoms with Crippen molar-refractivity contribution in [2.45, 2.75) is 52.2 Å². The Morgan fingerprint density at radius 2 is 2.00 bits per heavy atom. The van der Waals surface area contributed by atoms with Crippen LogP contribution in [-0.4, -0.2) is 60.3 Å². The SMILES string of the molecule is CC1CN(C)CCCN1CC1CCC(C)(C)C1O. The zero-order chi connectivity index (χ0) is 13.3. The minimum absolute atomic E-state index is 0.120. The van der Waals surface area contributed by atoms with Gasteiger partial charge < -0.3 is 10.0 Å².